The Kier molecular flexibility index (Phi) is 3.02. The van der Waals surface area contributed by atoms with E-state index in [4.69, 9.17) is 10.3 Å². The van der Waals surface area contributed by atoms with E-state index in [0.717, 1.165) is 0 Å². The van der Waals surface area contributed by atoms with E-state index in [1.807, 2.05) is 5.43 Å². The van der Waals surface area contributed by atoms with Gasteiger partial charge in [-0.1, -0.05) is 0 Å². The molecule has 0 fully saturated rings. The quantitative estimate of drug-likeness (QED) is 0.419. The van der Waals surface area contributed by atoms with Gasteiger partial charge in [0.1, 0.15) is 18.6 Å². The molecule has 2 rings (SSSR count). The topological polar surface area (TPSA) is 108 Å². The molecule has 0 radical (unpaired) electrons. The maximum Gasteiger partial charge on any atom is 0.345 e. The van der Waals surface area contributed by atoms with E-state index >= 15 is 0 Å². The van der Waals surface area contributed by atoms with Crippen molar-refractivity contribution >= 4 is 5.91 Å². The number of nitrogen functional groups attached to an aromatic ring is 1. The third-order valence-electron chi connectivity index (χ3n) is 2.50. The summed E-state index contributed by atoms with van der Waals surface area (Å²) in [4.78, 5) is 22.9. The number of carbonyl (C=O) groups excluding carboxylic acids is 1. The summed E-state index contributed by atoms with van der Waals surface area (Å²) in [5.74, 6) is 5.12. The molecule has 2 heterocycles. The summed E-state index contributed by atoms with van der Waals surface area (Å²) in [6.45, 7) is 1.89. The lowest BCUT2D eigenvalue weighted by Gasteiger charge is -1.97. The van der Waals surface area contributed by atoms with Gasteiger partial charge in [-0.05, 0) is 13.0 Å². The molecule has 0 saturated heterocycles. The van der Waals surface area contributed by atoms with Gasteiger partial charge in [0.2, 0.25) is 0 Å². The van der Waals surface area contributed by atoms with Crippen molar-refractivity contribution in [2.24, 2.45) is 12.9 Å². The standard InChI is InChI=1S/C10H13N5O3/c1-6-3-7(18-8(6)9(16)13-11)4-15-10(17)14(2)5-12-15/h3,5H,4,11H2,1-2H3,(H,13,16). The lowest BCUT2D eigenvalue weighted by molar-refractivity contribution is 0.0923. The molecule has 1 amide bonds. The highest BCUT2D eigenvalue weighted by Gasteiger charge is 2.15. The number of hydrazine groups is 1. The molecule has 0 spiro atoms. The van der Waals surface area contributed by atoms with Crippen LogP contribution in [0.4, 0.5) is 0 Å². The van der Waals surface area contributed by atoms with E-state index in [-0.39, 0.29) is 18.0 Å². The number of furan rings is 1. The Balaban J connectivity index is 2.28. The maximum atomic E-state index is 11.6. The smallest absolute Gasteiger partial charge is 0.345 e. The van der Waals surface area contributed by atoms with E-state index in [9.17, 15) is 9.59 Å². The van der Waals surface area contributed by atoms with Gasteiger partial charge < -0.3 is 4.42 Å². The number of hydrogen-bond donors (Lipinski definition) is 2. The van der Waals surface area contributed by atoms with E-state index in [0.29, 0.717) is 11.3 Å². The van der Waals surface area contributed by atoms with Gasteiger partial charge >= 0.3 is 11.6 Å². The molecule has 0 aliphatic carbocycles. The zero-order chi connectivity index (χ0) is 13.3. The summed E-state index contributed by atoms with van der Waals surface area (Å²) in [6, 6.07) is 1.67. The van der Waals surface area contributed by atoms with Crippen LogP contribution < -0.4 is 17.0 Å². The van der Waals surface area contributed by atoms with Crippen molar-refractivity contribution in [2.45, 2.75) is 13.5 Å². The van der Waals surface area contributed by atoms with Gasteiger partial charge in [-0.2, -0.15) is 5.10 Å². The molecule has 0 saturated carbocycles. The second kappa shape index (κ2) is 4.49. The number of aromatic nitrogens is 3. The van der Waals surface area contributed by atoms with E-state index < -0.39 is 5.91 Å². The first kappa shape index (κ1) is 12.1. The van der Waals surface area contributed by atoms with Crippen molar-refractivity contribution in [1.82, 2.24) is 19.8 Å². The minimum atomic E-state index is -0.507. The van der Waals surface area contributed by atoms with Gasteiger partial charge in [-0.25, -0.2) is 15.3 Å². The number of rotatable bonds is 3. The van der Waals surface area contributed by atoms with Crippen LogP contribution in [0, 0.1) is 6.92 Å². The minimum absolute atomic E-state index is 0.136. The fourth-order valence-electron chi connectivity index (χ4n) is 1.59. The first-order chi connectivity index (χ1) is 8.52. The number of hydrogen-bond acceptors (Lipinski definition) is 5. The number of carbonyl (C=O) groups is 1. The van der Waals surface area contributed by atoms with Gasteiger partial charge in [-0.3, -0.25) is 14.8 Å². The minimum Gasteiger partial charge on any atom is -0.454 e. The number of nitrogens with two attached hydrogens (primary N) is 1. The van der Waals surface area contributed by atoms with E-state index in [1.54, 1.807) is 20.0 Å². The second-order valence-corrected chi connectivity index (χ2v) is 3.88. The molecule has 18 heavy (non-hydrogen) atoms. The Morgan fingerprint density at radius 2 is 2.33 bits per heavy atom. The Hall–Kier alpha value is -2.35. The Morgan fingerprint density at radius 3 is 2.89 bits per heavy atom. The van der Waals surface area contributed by atoms with Crippen LogP contribution >= 0.6 is 0 Å². The molecule has 0 unspecified atom stereocenters. The molecule has 96 valence electrons. The predicted molar refractivity (Wildman–Crippen MR) is 61.7 cm³/mol. The zero-order valence-electron chi connectivity index (χ0n) is 10.0. The summed E-state index contributed by atoms with van der Waals surface area (Å²) < 4.78 is 7.92. The Morgan fingerprint density at radius 1 is 1.61 bits per heavy atom. The first-order valence-corrected chi connectivity index (χ1v) is 5.21. The average molecular weight is 251 g/mol. The normalized spacial score (nSPS) is 10.6. The zero-order valence-corrected chi connectivity index (χ0v) is 10.0. The molecule has 2 aromatic heterocycles. The SMILES string of the molecule is Cc1cc(Cn2ncn(C)c2=O)oc1C(=O)NN. The van der Waals surface area contributed by atoms with Gasteiger partial charge in [-0.15, -0.1) is 0 Å². The monoisotopic (exact) mass is 251 g/mol. The van der Waals surface area contributed by atoms with Gasteiger partial charge in [0, 0.05) is 12.6 Å². The fourth-order valence-corrected chi connectivity index (χ4v) is 1.59. The molecule has 2 aromatic rings. The van der Waals surface area contributed by atoms with Crippen molar-refractivity contribution in [2.75, 3.05) is 0 Å². The third kappa shape index (κ3) is 2.05. The van der Waals surface area contributed by atoms with E-state index in [2.05, 4.69) is 5.10 Å². The number of amides is 1. The largest absolute Gasteiger partial charge is 0.454 e. The third-order valence-corrected chi connectivity index (χ3v) is 2.50. The molecule has 0 aliphatic heterocycles. The maximum absolute atomic E-state index is 11.6. The first-order valence-electron chi connectivity index (χ1n) is 5.21. The lowest BCUT2D eigenvalue weighted by atomic mass is 10.2. The van der Waals surface area contributed by atoms with Crippen LogP contribution in [0.5, 0.6) is 0 Å². The summed E-state index contributed by atoms with van der Waals surface area (Å²) in [5, 5.41) is 3.90. The molecule has 0 aromatic carbocycles. The van der Waals surface area contributed by atoms with Gasteiger partial charge in [0.05, 0.1) is 0 Å². The molecule has 0 bridgehead atoms. The van der Waals surface area contributed by atoms with Crippen LogP contribution in [0.3, 0.4) is 0 Å². The van der Waals surface area contributed by atoms with Crippen LogP contribution in [0.2, 0.25) is 0 Å². The summed E-state index contributed by atoms with van der Waals surface area (Å²) in [7, 11) is 1.60. The highest BCUT2D eigenvalue weighted by Crippen LogP contribution is 2.14. The Bertz CT molecular complexity index is 636. The molecule has 8 nitrogen and oxygen atoms in total. The fraction of sp³-hybridized carbons (Fsp3) is 0.300. The summed E-state index contributed by atoms with van der Waals surface area (Å²) in [6.07, 6.45) is 1.41. The molecular formula is C10H13N5O3. The van der Waals surface area contributed by atoms with Crippen LogP contribution in [0.15, 0.2) is 21.6 Å². The van der Waals surface area contributed by atoms with Crippen molar-refractivity contribution in [3.05, 3.63) is 40.0 Å². The van der Waals surface area contributed by atoms with Crippen molar-refractivity contribution in [3.63, 3.8) is 0 Å². The van der Waals surface area contributed by atoms with Crippen LogP contribution in [0.25, 0.3) is 0 Å². The summed E-state index contributed by atoms with van der Waals surface area (Å²) in [5.41, 5.74) is 2.39. The molecule has 3 N–H and O–H groups in total. The van der Waals surface area contributed by atoms with E-state index in [1.165, 1.54) is 15.6 Å². The number of aryl methyl sites for hydroxylation is 2. The highest BCUT2D eigenvalue weighted by atomic mass is 16.4. The average Bonchev–Trinajstić information content (AvgIpc) is 2.86. The van der Waals surface area contributed by atoms with Crippen LogP contribution in [-0.4, -0.2) is 20.3 Å². The lowest BCUT2D eigenvalue weighted by Crippen LogP contribution is -2.30. The predicted octanol–water partition coefficient (Wildman–Crippen LogP) is -0.865. The van der Waals surface area contributed by atoms with Gasteiger partial charge in [0.15, 0.2) is 5.76 Å². The number of nitrogens with one attached hydrogen (secondary N) is 1. The van der Waals surface area contributed by atoms with Crippen molar-refractivity contribution in [3.8, 4) is 0 Å². The second-order valence-electron chi connectivity index (χ2n) is 3.88. The summed E-state index contributed by atoms with van der Waals surface area (Å²) >= 11 is 0. The molecular weight excluding hydrogens is 238 g/mol. The highest BCUT2D eigenvalue weighted by molar-refractivity contribution is 5.92. The number of nitrogens with zero attached hydrogens (tertiary/aromatic N) is 3. The van der Waals surface area contributed by atoms with Crippen molar-refractivity contribution < 1.29 is 9.21 Å². The molecule has 8 heteroatoms. The van der Waals surface area contributed by atoms with Crippen LogP contribution in [-0.2, 0) is 13.6 Å². The molecule has 0 aliphatic rings. The van der Waals surface area contributed by atoms with Crippen LogP contribution in [0.1, 0.15) is 21.9 Å². The van der Waals surface area contributed by atoms with Crippen molar-refractivity contribution in [1.29, 1.82) is 0 Å². The Labute approximate surface area is 102 Å². The van der Waals surface area contributed by atoms with Gasteiger partial charge in [0.25, 0.3) is 0 Å². The molecule has 0 atom stereocenters.